The average molecular weight is 804 g/mol. The van der Waals surface area contributed by atoms with Gasteiger partial charge in [-0.3, -0.25) is 9.59 Å². The lowest BCUT2D eigenvalue weighted by Gasteiger charge is -2.18. The lowest BCUT2D eigenvalue weighted by Crippen LogP contribution is -2.31. The summed E-state index contributed by atoms with van der Waals surface area (Å²) in [6.45, 7) is 13.2. The quantitative estimate of drug-likeness (QED) is 0.100. The van der Waals surface area contributed by atoms with Gasteiger partial charge >= 0.3 is 19.5 Å². The van der Waals surface area contributed by atoms with E-state index >= 15 is 0 Å². The molecular weight excluding hydrogens is 768 g/mol. The number of likely N-dealkylation sites (tertiary alicyclic amines) is 2. The monoisotopic (exact) mass is 800 g/mol. The minimum Gasteiger partial charge on any atom is -0.448 e. The number of halogens is 7. The predicted octanol–water partition coefficient (Wildman–Crippen LogP) is 7.33. The summed E-state index contributed by atoms with van der Waals surface area (Å²) in [5.74, 6) is -0.598. The first-order valence-electron chi connectivity index (χ1n) is 13.6. The summed E-state index contributed by atoms with van der Waals surface area (Å²) in [5, 5.41) is 27.4. The van der Waals surface area contributed by atoms with Crippen molar-refractivity contribution in [2.75, 3.05) is 26.2 Å². The number of ether oxygens (including phenoxy) is 3. The highest BCUT2D eigenvalue weighted by Gasteiger charge is 2.33. The van der Waals surface area contributed by atoms with E-state index in [4.69, 9.17) is 96.5 Å². The molecular formula is C28H35Cl7N4O8. The summed E-state index contributed by atoms with van der Waals surface area (Å²) in [4.78, 5) is 48.3. The van der Waals surface area contributed by atoms with Crippen LogP contribution in [0, 0.1) is 33.5 Å². The van der Waals surface area contributed by atoms with Crippen molar-refractivity contribution in [3.05, 3.63) is 23.3 Å². The minimum absolute atomic E-state index is 0.116. The first-order chi connectivity index (χ1) is 21.2. The molecule has 0 bridgehead atoms. The third kappa shape index (κ3) is 21.7. The Morgan fingerprint density at radius 1 is 0.745 bits per heavy atom. The summed E-state index contributed by atoms with van der Waals surface area (Å²) in [7, 11) is 0. The van der Waals surface area contributed by atoms with Gasteiger partial charge in [0.05, 0.1) is 12.6 Å². The number of β-amino-alcohol motifs (C(OH)–C–C–N with tert-alkyl or cyclic N) is 1. The van der Waals surface area contributed by atoms with Gasteiger partial charge in [-0.1, -0.05) is 53.7 Å². The molecule has 2 aliphatic heterocycles. The number of carbonyl (C=O) groups is 4. The Labute approximate surface area is 308 Å². The number of hydrogen-bond donors (Lipinski definition) is 1. The number of hydrogen-bond acceptors (Lipinski definition) is 10. The van der Waals surface area contributed by atoms with E-state index in [0.717, 1.165) is 0 Å². The summed E-state index contributed by atoms with van der Waals surface area (Å²) in [6.07, 6.45) is 2.23. The van der Waals surface area contributed by atoms with Gasteiger partial charge in [0.1, 0.15) is 29.4 Å². The van der Waals surface area contributed by atoms with Crippen LogP contribution in [0.25, 0.3) is 0 Å². The maximum atomic E-state index is 12.1. The largest absolute Gasteiger partial charge is 0.515 e. The smallest absolute Gasteiger partial charge is 0.448 e. The zero-order valence-corrected chi connectivity index (χ0v) is 31.6. The molecule has 12 nitrogen and oxygen atoms in total. The van der Waals surface area contributed by atoms with E-state index in [1.807, 2.05) is 53.7 Å². The zero-order valence-electron chi connectivity index (χ0n) is 26.3. The summed E-state index contributed by atoms with van der Waals surface area (Å²) in [6, 6.07) is 3.87. The van der Waals surface area contributed by atoms with Gasteiger partial charge in [0.25, 0.3) is 11.8 Å². The van der Waals surface area contributed by atoms with Crippen molar-refractivity contribution in [1.29, 1.82) is 10.5 Å². The average Bonchev–Trinajstić information content (AvgIpc) is 3.51. The Morgan fingerprint density at radius 2 is 1.13 bits per heavy atom. The Bertz CT molecular complexity index is 1250. The second kappa shape index (κ2) is 19.4. The van der Waals surface area contributed by atoms with Crippen molar-refractivity contribution in [3.63, 3.8) is 0 Å². The molecule has 2 saturated heterocycles. The van der Waals surface area contributed by atoms with E-state index in [1.54, 1.807) is 12.2 Å². The fourth-order valence-corrected chi connectivity index (χ4v) is 4.27. The van der Waals surface area contributed by atoms with Crippen molar-refractivity contribution in [2.45, 2.75) is 74.5 Å². The number of amides is 2. The van der Waals surface area contributed by atoms with Crippen LogP contribution in [0.1, 0.15) is 54.4 Å². The number of nitrogens with zero attached hydrogens (tertiary/aromatic N) is 4. The van der Waals surface area contributed by atoms with E-state index in [-0.39, 0.29) is 46.4 Å². The minimum atomic E-state index is -2.24. The molecule has 0 aliphatic carbocycles. The third-order valence-corrected chi connectivity index (χ3v) is 5.95. The van der Waals surface area contributed by atoms with Crippen LogP contribution in [-0.2, 0) is 23.8 Å². The number of allylic oxidation sites excluding steroid dienone is 2. The summed E-state index contributed by atoms with van der Waals surface area (Å²) < 4.78 is 8.34. The normalized spacial score (nSPS) is 18.8. The molecule has 19 heteroatoms. The third-order valence-electron chi connectivity index (χ3n) is 5.40. The first kappa shape index (κ1) is 45.1. The van der Waals surface area contributed by atoms with Crippen LogP contribution in [0.2, 0.25) is 0 Å². The topological polar surface area (TPSA) is 170 Å². The number of carbonyl (C=O) groups excluding carboxylic acids is 4. The molecule has 2 heterocycles. The van der Waals surface area contributed by atoms with E-state index < -0.39 is 25.6 Å². The molecule has 0 radical (unpaired) electrons. The molecule has 0 spiro atoms. The standard InChI is InChI=1S/C13H17ClN2O3.C12H18N2O2.C3Cl6O3/c1-13(2,3)6-9(7-15)11(17)16-5-4-10(8-16)19-12(14)18;1-12(2,3)6-9(7-13)11(16)14-5-4-10(15)8-14;4-2(5,6)11-1(10)12-3(7,8)9/h6,10H,4-5,8H2,1-3H3;6,10,15H,4-5,8H2,1-3H3;/b2*9-6+;/t2*10-;/m00./s1. The first-order valence-corrected chi connectivity index (χ1v) is 16.2. The molecule has 0 unspecified atom stereocenters. The van der Waals surface area contributed by atoms with Crippen molar-refractivity contribution in [2.24, 2.45) is 10.8 Å². The van der Waals surface area contributed by atoms with Crippen LogP contribution in [0.4, 0.5) is 9.59 Å². The van der Waals surface area contributed by atoms with Crippen molar-refractivity contribution in [1.82, 2.24) is 9.80 Å². The fourth-order valence-electron chi connectivity index (χ4n) is 3.77. The van der Waals surface area contributed by atoms with E-state index in [1.165, 1.54) is 9.80 Å². The van der Waals surface area contributed by atoms with Crippen LogP contribution >= 0.6 is 81.2 Å². The van der Waals surface area contributed by atoms with Crippen LogP contribution < -0.4 is 0 Å². The van der Waals surface area contributed by atoms with Gasteiger partial charge < -0.3 is 29.1 Å². The molecule has 2 fully saturated rings. The van der Waals surface area contributed by atoms with Crippen LogP contribution in [0.3, 0.4) is 0 Å². The maximum absolute atomic E-state index is 12.1. The van der Waals surface area contributed by atoms with Crippen molar-refractivity contribution < 1.29 is 38.5 Å². The Morgan fingerprint density at radius 3 is 1.43 bits per heavy atom. The highest BCUT2D eigenvalue weighted by molar-refractivity contribution is 6.67. The number of nitriles is 2. The number of rotatable bonds is 3. The Balaban J connectivity index is 0.000000694. The SMILES string of the molecule is CC(C)(C)/C=C(\C#N)C(=O)N1CC[C@H](O)C1.CC(C)(C)/C=C(\C#N)C(=O)N1CC[C@H](OC(=O)Cl)C1.O=C(OC(Cl)(Cl)Cl)OC(Cl)(Cl)Cl. The van der Waals surface area contributed by atoms with E-state index in [0.29, 0.717) is 32.5 Å². The van der Waals surface area contributed by atoms with Gasteiger partial charge in [-0.05, 0) is 86.9 Å². The number of aliphatic hydroxyl groups is 1. The molecule has 0 aromatic heterocycles. The molecule has 0 saturated carbocycles. The van der Waals surface area contributed by atoms with Crippen molar-refractivity contribution in [3.8, 4) is 12.1 Å². The molecule has 0 aromatic carbocycles. The molecule has 2 aliphatic rings. The zero-order chi connectivity index (χ0) is 37.0. The molecule has 1 N–H and O–H groups in total. The molecule has 2 rings (SSSR count). The second-order valence-corrected chi connectivity index (χ2v) is 16.8. The maximum Gasteiger partial charge on any atom is 0.515 e. The Kier molecular flexibility index (Phi) is 18.6. The summed E-state index contributed by atoms with van der Waals surface area (Å²) in [5.41, 5.74) is -1.03. The predicted molar refractivity (Wildman–Crippen MR) is 179 cm³/mol. The van der Waals surface area contributed by atoms with E-state index in [2.05, 4.69) is 9.47 Å². The molecule has 2 atom stereocenters. The van der Waals surface area contributed by atoms with E-state index in [9.17, 15) is 24.3 Å². The van der Waals surface area contributed by atoms with Gasteiger partial charge in [-0.25, -0.2) is 9.59 Å². The summed E-state index contributed by atoms with van der Waals surface area (Å²) >= 11 is 35.3. The lowest BCUT2D eigenvalue weighted by atomic mass is 9.93. The Hall–Kier alpha value is -1.87. The number of aliphatic hydroxyl groups excluding tert-OH is 1. The molecule has 47 heavy (non-hydrogen) atoms. The van der Waals surface area contributed by atoms with Crippen molar-refractivity contribution >= 4 is 105 Å². The highest BCUT2D eigenvalue weighted by Crippen LogP contribution is 2.32. The van der Waals surface area contributed by atoms with Gasteiger partial charge in [-0.15, -0.1) is 0 Å². The van der Waals surface area contributed by atoms with Gasteiger partial charge in [0.15, 0.2) is 0 Å². The van der Waals surface area contributed by atoms with Gasteiger partial charge in [-0.2, -0.15) is 10.5 Å². The van der Waals surface area contributed by atoms with Crippen LogP contribution in [0.5, 0.6) is 0 Å². The van der Waals surface area contributed by atoms with Crippen LogP contribution in [0.15, 0.2) is 23.3 Å². The number of alkyl halides is 6. The molecule has 264 valence electrons. The van der Waals surface area contributed by atoms with Gasteiger partial charge in [0, 0.05) is 37.7 Å². The molecule has 2 amide bonds. The second-order valence-electron chi connectivity index (χ2n) is 12.1. The van der Waals surface area contributed by atoms with Crippen LogP contribution in [-0.4, -0.2) is 84.6 Å². The lowest BCUT2D eigenvalue weighted by molar-refractivity contribution is -0.126. The highest BCUT2D eigenvalue weighted by atomic mass is 35.6. The fraction of sp³-hybridized carbons (Fsp3) is 0.643. The molecule has 0 aromatic rings. The van der Waals surface area contributed by atoms with Gasteiger partial charge in [0.2, 0.25) is 0 Å².